The fourth-order valence-corrected chi connectivity index (χ4v) is 1.32. The predicted octanol–water partition coefficient (Wildman–Crippen LogP) is 1.42. The van der Waals surface area contributed by atoms with Crippen LogP contribution in [0.1, 0.15) is 25.1 Å². The predicted molar refractivity (Wildman–Crippen MR) is 61.4 cm³/mol. The molecule has 0 aliphatic heterocycles. The van der Waals surface area contributed by atoms with Crippen LogP contribution in [0, 0.1) is 5.92 Å². The van der Waals surface area contributed by atoms with Gasteiger partial charge in [-0.1, -0.05) is 12.1 Å². The van der Waals surface area contributed by atoms with E-state index in [4.69, 9.17) is 15.0 Å². The van der Waals surface area contributed by atoms with Gasteiger partial charge in [0.15, 0.2) is 5.82 Å². The van der Waals surface area contributed by atoms with Crippen LogP contribution in [0.5, 0.6) is 0 Å². The first-order valence-electron chi connectivity index (χ1n) is 5.99. The van der Waals surface area contributed by atoms with Gasteiger partial charge in [-0.15, -0.1) is 0 Å². The molecule has 0 radical (unpaired) electrons. The van der Waals surface area contributed by atoms with Gasteiger partial charge >= 0.3 is 0 Å². The summed E-state index contributed by atoms with van der Waals surface area (Å²) in [7, 11) is 0. The molecule has 1 heterocycles. The number of alkyl halides is 2. The molecule has 18 heavy (non-hydrogen) atoms. The van der Waals surface area contributed by atoms with Gasteiger partial charge in [0.2, 0.25) is 5.89 Å². The highest BCUT2D eigenvalue weighted by Gasteiger charge is 2.09. The second-order valence-electron chi connectivity index (χ2n) is 4.20. The maximum atomic E-state index is 11.8. The van der Waals surface area contributed by atoms with Crippen LogP contribution < -0.4 is 5.73 Å². The molecule has 0 aliphatic rings. The molecule has 1 unspecified atom stereocenters. The summed E-state index contributed by atoms with van der Waals surface area (Å²) < 4.78 is 33.3. The van der Waals surface area contributed by atoms with Crippen molar-refractivity contribution in [3.63, 3.8) is 0 Å². The Hall–Kier alpha value is -1.08. The average molecular weight is 263 g/mol. The molecule has 5 nitrogen and oxygen atoms in total. The van der Waals surface area contributed by atoms with Gasteiger partial charge < -0.3 is 15.0 Å². The lowest BCUT2D eigenvalue weighted by molar-refractivity contribution is 0.0182. The molecule has 2 N–H and O–H groups in total. The Balaban J connectivity index is 2.21. The Morgan fingerprint density at radius 1 is 1.39 bits per heavy atom. The summed E-state index contributed by atoms with van der Waals surface area (Å²) in [5, 5.41) is 3.75. The zero-order valence-corrected chi connectivity index (χ0v) is 10.4. The summed E-state index contributed by atoms with van der Waals surface area (Å²) in [4.78, 5) is 4.15. The third-order valence-electron chi connectivity index (χ3n) is 2.48. The molecule has 0 spiro atoms. The molecule has 0 saturated carbocycles. The van der Waals surface area contributed by atoms with E-state index in [2.05, 4.69) is 17.1 Å². The monoisotopic (exact) mass is 263 g/mol. The fraction of sp³-hybridized carbons (Fsp3) is 0.818. The molecule has 1 rings (SSSR count). The summed E-state index contributed by atoms with van der Waals surface area (Å²) in [6.07, 6.45) is -0.491. The topological polar surface area (TPSA) is 74.2 Å². The summed E-state index contributed by atoms with van der Waals surface area (Å²) >= 11 is 0. The Morgan fingerprint density at radius 3 is 2.83 bits per heavy atom. The van der Waals surface area contributed by atoms with Crippen LogP contribution in [-0.4, -0.2) is 36.3 Å². The minimum absolute atomic E-state index is 0.169. The standard InChI is InChI=1S/C11H19F2N3O2/c1-8(6-14)2-3-11-15-10(16-18-11)4-5-17-7-9(12)13/h8-9H,2-7,14H2,1H3. The van der Waals surface area contributed by atoms with Crippen molar-refractivity contribution in [1.29, 1.82) is 0 Å². The van der Waals surface area contributed by atoms with Crippen molar-refractivity contribution in [2.45, 2.75) is 32.6 Å². The van der Waals surface area contributed by atoms with Crippen LogP contribution in [0.2, 0.25) is 0 Å². The molecule has 1 atom stereocenters. The molecule has 0 bridgehead atoms. The van der Waals surface area contributed by atoms with Crippen LogP contribution >= 0.6 is 0 Å². The lowest BCUT2D eigenvalue weighted by Gasteiger charge is -2.03. The Kier molecular flexibility index (Phi) is 6.74. The number of halogens is 2. The highest BCUT2D eigenvalue weighted by molar-refractivity contribution is 4.87. The first-order valence-corrected chi connectivity index (χ1v) is 5.99. The van der Waals surface area contributed by atoms with Gasteiger partial charge in [-0.2, -0.15) is 4.98 Å². The van der Waals surface area contributed by atoms with Crippen LogP contribution in [-0.2, 0) is 17.6 Å². The SMILES string of the molecule is CC(CN)CCc1nc(CCOCC(F)F)no1. The maximum Gasteiger partial charge on any atom is 0.261 e. The summed E-state index contributed by atoms with van der Waals surface area (Å²) in [5.74, 6) is 1.45. The van der Waals surface area contributed by atoms with Crippen molar-refractivity contribution < 1.29 is 18.0 Å². The van der Waals surface area contributed by atoms with E-state index in [-0.39, 0.29) is 6.61 Å². The van der Waals surface area contributed by atoms with Gasteiger partial charge in [0.25, 0.3) is 6.43 Å². The zero-order chi connectivity index (χ0) is 13.4. The number of aryl methyl sites for hydroxylation is 1. The Labute approximate surface area is 105 Å². The molecule has 0 aliphatic carbocycles. The van der Waals surface area contributed by atoms with Gasteiger partial charge in [-0.25, -0.2) is 8.78 Å². The molecule has 0 aromatic carbocycles. The van der Waals surface area contributed by atoms with E-state index in [1.165, 1.54) is 0 Å². The van der Waals surface area contributed by atoms with Crippen LogP contribution in [0.15, 0.2) is 4.52 Å². The van der Waals surface area contributed by atoms with Crippen molar-refractivity contribution >= 4 is 0 Å². The van der Waals surface area contributed by atoms with Crippen molar-refractivity contribution in [3.05, 3.63) is 11.7 Å². The molecule has 1 aromatic rings. The average Bonchev–Trinajstić information content (AvgIpc) is 2.79. The van der Waals surface area contributed by atoms with Crippen LogP contribution in [0.4, 0.5) is 8.78 Å². The van der Waals surface area contributed by atoms with Crippen molar-refractivity contribution in [3.8, 4) is 0 Å². The normalized spacial score (nSPS) is 13.2. The fourth-order valence-electron chi connectivity index (χ4n) is 1.32. The third kappa shape index (κ3) is 6.02. The van der Waals surface area contributed by atoms with E-state index < -0.39 is 13.0 Å². The number of aromatic nitrogens is 2. The van der Waals surface area contributed by atoms with Gasteiger partial charge in [0.05, 0.1) is 6.61 Å². The number of hydrogen-bond acceptors (Lipinski definition) is 5. The van der Waals surface area contributed by atoms with Gasteiger partial charge in [0, 0.05) is 12.8 Å². The van der Waals surface area contributed by atoms with E-state index in [1.54, 1.807) is 0 Å². The van der Waals surface area contributed by atoms with Crippen molar-refractivity contribution in [1.82, 2.24) is 10.1 Å². The number of hydrogen-bond donors (Lipinski definition) is 1. The second-order valence-corrected chi connectivity index (χ2v) is 4.20. The zero-order valence-electron chi connectivity index (χ0n) is 10.4. The lowest BCUT2D eigenvalue weighted by atomic mass is 10.1. The summed E-state index contributed by atoms with van der Waals surface area (Å²) in [6.45, 7) is 2.29. The summed E-state index contributed by atoms with van der Waals surface area (Å²) in [6, 6.07) is 0. The quantitative estimate of drug-likeness (QED) is 0.682. The Morgan fingerprint density at radius 2 is 2.17 bits per heavy atom. The summed E-state index contributed by atoms with van der Waals surface area (Å²) in [5.41, 5.74) is 5.50. The molecule has 104 valence electrons. The largest absolute Gasteiger partial charge is 0.375 e. The van der Waals surface area contributed by atoms with Crippen LogP contribution in [0.3, 0.4) is 0 Å². The van der Waals surface area contributed by atoms with Crippen LogP contribution in [0.25, 0.3) is 0 Å². The molecule has 0 amide bonds. The molecular formula is C11H19F2N3O2. The first kappa shape index (κ1) is 15.0. The minimum atomic E-state index is -2.44. The highest BCUT2D eigenvalue weighted by Crippen LogP contribution is 2.07. The Bertz CT molecular complexity index is 334. The van der Waals surface area contributed by atoms with E-state index in [0.717, 1.165) is 6.42 Å². The van der Waals surface area contributed by atoms with E-state index >= 15 is 0 Å². The van der Waals surface area contributed by atoms with Gasteiger partial charge in [-0.05, 0) is 18.9 Å². The molecule has 7 heteroatoms. The maximum absolute atomic E-state index is 11.8. The number of ether oxygens (including phenoxy) is 1. The molecule has 1 aromatic heterocycles. The van der Waals surface area contributed by atoms with Crippen molar-refractivity contribution in [2.24, 2.45) is 11.7 Å². The molecule has 0 saturated heterocycles. The number of rotatable bonds is 9. The van der Waals surface area contributed by atoms with E-state index in [0.29, 0.717) is 37.0 Å². The third-order valence-corrected chi connectivity index (χ3v) is 2.48. The highest BCUT2D eigenvalue weighted by atomic mass is 19.3. The molecule has 0 fully saturated rings. The van der Waals surface area contributed by atoms with E-state index in [1.807, 2.05) is 0 Å². The van der Waals surface area contributed by atoms with Gasteiger partial charge in [-0.3, -0.25) is 0 Å². The first-order chi connectivity index (χ1) is 8.61. The lowest BCUT2D eigenvalue weighted by Crippen LogP contribution is -2.11. The molecular weight excluding hydrogens is 244 g/mol. The smallest absolute Gasteiger partial charge is 0.261 e. The second kappa shape index (κ2) is 8.10. The van der Waals surface area contributed by atoms with E-state index in [9.17, 15) is 8.78 Å². The minimum Gasteiger partial charge on any atom is -0.375 e. The number of nitrogens with two attached hydrogens (primary N) is 1. The van der Waals surface area contributed by atoms with Gasteiger partial charge in [0.1, 0.15) is 6.61 Å². The van der Waals surface area contributed by atoms with Crippen molar-refractivity contribution in [2.75, 3.05) is 19.8 Å². The number of nitrogens with zero attached hydrogens (tertiary/aromatic N) is 2.